The minimum atomic E-state index is -1.58. The summed E-state index contributed by atoms with van der Waals surface area (Å²) in [6.07, 6.45) is 0.980. The van der Waals surface area contributed by atoms with E-state index in [2.05, 4.69) is 10.5 Å². The molecule has 29 heavy (non-hydrogen) atoms. The molecule has 2 heterocycles. The molecular formula is C20H12F3N3O3. The predicted octanol–water partition coefficient (Wildman–Crippen LogP) is 3.54. The molecule has 2 aromatic heterocycles. The molecule has 4 rings (SSSR count). The molecule has 0 atom stereocenters. The Labute approximate surface area is 160 Å². The first-order valence-electron chi connectivity index (χ1n) is 8.38. The fourth-order valence-corrected chi connectivity index (χ4v) is 2.96. The van der Waals surface area contributed by atoms with Crippen LogP contribution in [-0.2, 0) is 0 Å². The van der Waals surface area contributed by atoms with Crippen molar-refractivity contribution in [2.75, 3.05) is 0 Å². The first kappa shape index (κ1) is 18.5. The molecule has 0 unspecified atom stereocenters. The second kappa shape index (κ2) is 6.93. The second-order valence-electron chi connectivity index (χ2n) is 6.27. The number of halogens is 3. The van der Waals surface area contributed by atoms with Crippen LogP contribution in [0.4, 0.5) is 13.2 Å². The lowest BCUT2D eigenvalue weighted by Crippen LogP contribution is -2.18. The lowest BCUT2D eigenvalue weighted by atomic mass is 10.1. The van der Waals surface area contributed by atoms with Gasteiger partial charge >= 0.3 is 5.63 Å². The van der Waals surface area contributed by atoms with E-state index in [0.29, 0.717) is 16.6 Å². The van der Waals surface area contributed by atoms with Gasteiger partial charge in [0.1, 0.15) is 0 Å². The minimum absolute atomic E-state index is 0.0671. The summed E-state index contributed by atoms with van der Waals surface area (Å²) in [6, 6.07) is 9.30. The number of aryl methyl sites for hydroxylation is 1. The van der Waals surface area contributed by atoms with Crippen molar-refractivity contribution in [1.29, 1.82) is 0 Å². The van der Waals surface area contributed by atoms with Gasteiger partial charge in [0.2, 0.25) is 5.71 Å². The van der Waals surface area contributed by atoms with Gasteiger partial charge in [-0.15, -0.1) is 0 Å². The average molecular weight is 399 g/mol. The molecule has 0 radical (unpaired) electrons. The Morgan fingerprint density at radius 3 is 2.55 bits per heavy atom. The summed E-state index contributed by atoms with van der Waals surface area (Å²) >= 11 is 0. The van der Waals surface area contributed by atoms with Crippen LogP contribution in [0.25, 0.3) is 16.6 Å². The molecular weight excluding hydrogens is 387 g/mol. The van der Waals surface area contributed by atoms with E-state index in [4.69, 9.17) is 4.42 Å². The zero-order valence-corrected chi connectivity index (χ0v) is 14.9. The van der Waals surface area contributed by atoms with E-state index in [1.807, 2.05) is 6.92 Å². The van der Waals surface area contributed by atoms with Crippen LogP contribution in [0.15, 0.2) is 56.8 Å². The highest BCUT2D eigenvalue weighted by atomic mass is 19.2. The molecule has 0 aliphatic rings. The monoisotopic (exact) mass is 399 g/mol. The standard InChI is InChI=1S/C20H12F3N3O3/c1-10-2-5-17-26(10)16-8-12(3-4-13(16)20(28)29-17)19(27)25-24-9-11-6-14(21)18(23)15(22)7-11/h2-9H,1H3,(H,25,27)/b24-9+. The number of amides is 1. The van der Waals surface area contributed by atoms with Crippen LogP contribution in [0.3, 0.4) is 0 Å². The van der Waals surface area contributed by atoms with E-state index in [0.717, 1.165) is 24.0 Å². The summed E-state index contributed by atoms with van der Waals surface area (Å²) in [5, 5.41) is 3.93. The van der Waals surface area contributed by atoms with Crippen LogP contribution in [0.5, 0.6) is 0 Å². The maximum atomic E-state index is 13.2. The number of nitrogens with zero attached hydrogens (tertiary/aromatic N) is 2. The summed E-state index contributed by atoms with van der Waals surface area (Å²) in [7, 11) is 0. The van der Waals surface area contributed by atoms with Gasteiger partial charge in [-0.3, -0.25) is 9.20 Å². The van der Waals surface area contributed by atoms with Crippen LogP contribution < -0.4 is 11.1 Å². The van der Waals surface area contributed by atoms with Crippen LogP contribution in [0, 0.1) is 24.4 Å². The number of benzene rings is 2. The zero-order valence-electron chi connectivity index (χ0n) is 14.9. The second-order valence-corrected chi connectivity index (χ2v) is 6.27. The molecule has 0 aliphatic carbocycles. The molecule has 9 heteroatoms. The van der Waals surface area contributed by atoms with E-state index >= 15 is 0 Å². The molecule has 0 saturated heterocycles. The molecule has 0 saturated carbocycles. The molecule has 146 valence electrons. The highest BCUT2D eigenvalue weighted by Gasteiger charge is 2.13. The fraction of sp³-hybridized carbons (Fsp3) is 0.0500. The summed E-state index contributed by atoms with van der Waals surface area (Å²) in [6.45, 7) is 1.82. The number of carbonyl (C=O) groups is 1. The van der Waals surface area contributed by atoms with Gasteiger partial charge in [0.05, 0.1) is 17.1 Å². The average Bonchev–Trinajstić information content (AvgIpc) is 3.06. The third-order valence-electron chi connectivity index (χ3n) is 4.34. The number of aromatic nitrogens is 1. The lowest BCUT2D eigenvalue weighted by molar-refractivity contribution is 0.0955. The summed E-state index contributed by atoms with van der Waals surface area (Å²) in [5.41, 5.74) is 3.46. The Balaban J connectivity index is 1.64. The quantitative estimate of drug-likeness (QED) is 0.325. The SMILES string of the molecule is Cc1ccc2oc(=O)c3ccc(C(=O)N/N=C/c4cc(F)c(F)c(F)c4)cc3n12. The maximum absolute atomic E-state index is 13.2. The van der Waals surface area contributed by atoms with E-state index in [9.17, 15) is 22.8 Å². The number of hydrazone groups is 1. The van der Waals surface area contributed by atoms with Crippen molar-refractivity contribution in [1.82, 2.24) is 9.83 Å². The van der Waals surface area contributed by atoms with Gasteiger partial charge < -0.3 is 4.42 Å². The van der Waals surface area contributed by atoms with Gasteiger partial charge in [-0.25, -0.2) is 23.4 Å². The largest absolute Gasteiger partial charge is 0.405 e. The molecule has 1 amide bonds. The predicted molar refractivity (Wildman–Crippen MR) is 99.6 cm³/mol. The van der Waals surface area contributed by atoms with Crippen molar-refractivity contribution < 1.29 is 22.4 Å². The van der Waals surface area contributed by atoms with Crippen molar-refractivity contribution in [2.45, 2.75) is 6.92 Å². The number of rotatable bonds is 3. The number of hydrogen-bond acceptors (Lipinski definition) is 4. The minimum Gasteiger partial charge on any atom is -0.405 e. The van der Waals surface area contributed by atoms with E-state index in [-0.39, 0.29) is 11.1 Å². The van der Waals surface area contributed by atoms with Crippen LogP contribution in [0.2, 0.25) is 0 Å². The van der Waals surface area contributed by atoms with Gasteiger partial charge in [0.15, 0.2) is 17.5 Å². The highest BCUT2D eigenvalue weighted by Crippen LogP contribution is 2.19. The number of nitrogens with one attached hydrogen (secondary N) is 1. The van der Waals surface area contributed by atoms with Crippen LogP contribution in [0.1, 0.15) is 21.6 Å². The normalized spacial score (nSPS) is 11.6. The Morgan fingerprint density at radius 2 is 1.83 bits per heavy atom. The smallest absolute Gasteiger partial charge is 0.346 e. The van der Waals surface area contributed by atoms with Gasteiger partial charge in [0, 0.05) is 22.9 Å². The van der Waals surface area contributed by atoms with Gasteiger partial charge in [0.25, 0.3) is 5.91 Å². The molecule has 1 N–H and O–H groups in total. The van der Waals surface area contributed by atoms with Gasteiger partial charge in [-0.1, -0.05) is 0 Å². The van der Waals surface area contributed by atoms with Crippen LogP contribution in [-0.4, -0.2) is 16.5 Å². The number of hydrogen-bond donors (Lipinski definition) is 1. The van der Waals surface area contributed by atoms with Crippen molar-refractivity contribution >= 4 is 28.7 Å². The molecule has 0 bridgehead atoms. The molecule has 0 fully saturated rings. The first-order chi connectivity index (χ1) is 13.8. The Kier molecular flexibility index (Phi) is 4.42. The van der Waals surface area contributed by atoms with Crippen molar-refractivity contribution in [3.63, 3.8) is 0 Å². The molecule has 0 spiro atoms. The van der Waals surface area contributed by atoms with Crippen LogP contribution >= 0.6 is 0 Å². The van der Waals surface area contributed by atoms with Crippen molar-refractivity contribution in [2.24, 2.45) is 5.10 Å². The highest BCUT2D eigenvalue weighted by molar-refractivity contribution is 5.98. The summed E-state index contributed by atoms with van der Waals surface area (Å²) in [4.78, 5) is 24.5. The molecule has 2 aromatic carbocycles. The first-order valence-corrected chi connectivity index (χ1v) is 8.38. The van der Waals surface area contributed by atoms with E-state index in [1.165, 1.54) is 18.2 Å². The van der Waals surface area contributed by atoms with Gasteiger partial charge in [-0.05, 0) is 43.3 Å². The maximum Gasteiger partial charge on any atom is 0.346 e. The third-order valence-corrected chi connectivity index (χ3v) is 4.34. The summed E-state index contributed by atoms with van der Waals surface area (Å²) < 4.78 is 46.3. The van der Waals surface area contributed by atoms with E-state index in [1.54, 1.807) is 16.5 Å². The Morgan fingerprint density at radius 1 is 1.10 bits per heavy atom. The van der Waals surface area contributed by atoms with Gasteiger partial charge in [-0.2, -0.15) is 5.10 Å². The van der Waals surface area contributed by atoms with Crippen molar-refractivity contribution in [3.8, 4) is 0 Å². The topological polar surface area (TPSA) is 76.1 Å². The van der Waals surface area contributed by atoms with Crippen molar-refractivity contribution in [3.05, 3.63) is 87.2 Å². The Hall–Kier alpha value is -3.88. The number of fused-ring (bicyclic) bond motifs is 3. The third kappa shape index (κ3) is 3.27. The fourth-order valence-electron chi connectivity index (χ4n) is 2.96. The lowest BCUT2D eigenvalue weighted by Gasteiger charge is -2.06. The molecule has 4 aromatic rings. The Bertz CT molecular complexity index is 1350. The zero-order chi connectivity index (χ0) is 20.7. The number of carbonyl (C=O) groups excluding carboxylic acids is 1. The molecule has 6 nitrogen and oxygen atoms in total. The van der Waals surface area contributed by atoms with E-state index < -0.39 is 29.0 Å². The summed E-state index contributed by atoms with van der Waals surface area (Å²) in [5.74, 6) is -4.93. The molecule has 0 aliphatic heterocycles.